The highest BCUT2D eigenvalue weighted by atomic mass is 16.5. The second kappa shape index (κ2) is 6.63. The van der Waals surface area contributed by atoms with Crippen LogP contribution >= 0.6 is 0 Å². The third-order valence-corrected chi connectivity index (χ3v) is 3.63. The minimum absolute atomic E-state index is 0.464. The lowest BCUT2D eigenvalue weighted by molar-refractivity contribution is 0.365. The van der Waals surface area contributed by atoms with Crippen molar-refractivity contribution >= 4 is 11.0 Å². The average Bonchev–Trinajstić information content (AvgIpc) is 3.35. The lowest BCUT2D eigenvalue weighted by atomic mass is 10.3. The van der Waals surface area contributed by atoms with E-state index in [4.69, 9.17) is 8.94 Å². The Kier molecular flexibility index (Phi) is 4.03. The molecule has 122 valence electrons. The summed E-state index contributed by atoms with van der Waals surface area (Å²) in [6.45, 7) is 2.13. The van der Waals surface area contributed by atoms with Crippen molar-refractivity contribution < 1.29 is 8.94 Å². The Bertz CT molecular complexity index is 912. The molecule has 8 nitrogen and oxygen atoms in total. The predicted octanol–water partition coefficient (Wildman–Crippen LogP) is 2.25. The average molecular weight is 324 g/mol. The number of para-hydroxylation sites is 1. The van der Waals surface area contributed by atoms with Crippen molar-refractivity contribution in [3.05, 3.63) is 48.6 Å². The van der Waals surface area contributed by atoms with Gasteiger partial charge < -0.3 is 14.3 Å². The van der Waals surface area contributed by atoms with E-state index in [1.807, 2.05) is 28.9 Å². The van der Waals surface area contributed by atoms with Crippen molar-refractivity contribution in [2.45, 2.75) is 19.5 Å². The molecule has 0 bridgehead atoms. The van der Waals surface area contributed by atoms with E-state index in [0.717, 1.165) is 30.5 Å². The van der Waals surface area contributed by atoms with Gasteiger partial charge in [-0.15, -0.1) is 5.10 Å². The highest BCUT2D eigenvalue weighted by molar-refractivity contribution is 5.73. The number of furan rings is 1. The fraction of sp³-hybridized carbons (Fsp3) is 0.250. The molecule has 8 heteroatoms. The molecule has 0 unspecified atom stereocenters. The zero-order chi connectivity index (χ0) is 16.2. The minimum atomic E-state index is 0.464. The first kappa shape index (κ1) is 14.6. The number of nitrogens with one attached hydrogen (secondary N) is 1. The van der Waals surface area contributed by atoms with Gasteiger partial charge in [-0.3, -0.25) is 0 Å². The topological polar surface area (TPSA) is 94.8 Å². The van der Waals surface area contributed by atoms with Crippen LogP contribution in [0.4, 0.5) is 0 Å². The zero-order valence-corrected chi connectivity index (χ0v) is 12.9. The third kappa shape index (κ3) is 3.04. The van der Waals surface area contributed by atoms with Crippen LogP contribution in [0.2, 0.25) is 0 Å². The molecular weight excluding hydrogens is 308 g/mol. The molecule has 24 heavy (non-hydrogen) atoms. The van der Waals surface area contributed by atoms with Gasteiger partial charge in [0.1, 0.15) is 5.52 Å². The number of fused-ring (bicyclic) bond motifs is 1. The Hall–Kier alpha value is -3.00. The lowest BCUT2D eigenvalue weighted by Crippen LogP contribution is -2.17. The number of nitrogens with zero attached hydrogens (tertiary/aromatic N) is 5. The first-order valence-electron chi connectivity index (χ1n) is 7.75. The fourth-order valence-corrected chi connectivity index (χ4v) is 2.46. The smallest absolute Gasteiger partial charge is 0.241 e. The highest BCUT2D eigenvalue weighted by Gasteiger charge is 2.10. The second-order valence-electron chi connectivity index (χ2n) is 5.32. The molecule has 0 radical (unpaired) electrons. The Morgan fingerprint density at radius 3 is 3.00 bits per heavy atom. The van der Waals surface area contributed by atoms with Crippen LogP contribution in [0.3, 0.4) is 0 Å². The monoisotopic (exact) mass is 324 g/mol. The van der Waals surface area contributed by atoms with E-state index in [-0.39, 0.29) is 0 Å². The molecule has 4 aromatic rings. The number of hydrogen-bond donors (Lipinski definition) is 1. The summed E-state index contributed by atoms with van der Waals surface area (Å²) in [6.07, 6.45) is 2.50. The molecule has 3 heterocycles. The minimum Gasteiger partial charge on any atom is -0.461 e. The predicted molar refractivity (Wildman–Crippen MR) is 85.9 cm³/mol. The molecule has 0 aliphatic rings. The van der Waals surface area contributed by atoms with E-state index in [2.05, 4.69) is 25.8 Å². The number of aromatic nitrogens is 5. The maximum Gasteiger partial charge on any atom is 0.241 e. The molecule has 0 saturated carbocycles. The van der Waals surface area contributed by atoms with Crippen LogP contribution in [0.15, 0.2) is 51.6 Å². The van der Waals surface area contributed by atoms with Gasteiger partial charge in [0, 0.05) is 6.54 Å². The molecule has 0 saturated heterocycles. The van der Waals surface area contributed by atoms with E-state index < -0.39 is 0 Å². The largest absolute Gasteiger partial charge is 0.461 e. The maximum atomic E-state index is 5.23. The van der Waals surface area contributed by atoms with Crippen molar-refractivity contribution in [3.63, 3.8) is 0 Å². The SMILES string of the molecule is c1coc(-c2noc(CNCCCn3nnc4ccccc43)n2)c1. The zero-order valence-electron chi connectivity index (χ0n) is 12.9. The van der Waals surface area contributed by atoms with Crippen molar-refractivity contribution in [2.75, 3.05) is 6.54 Å². The summed E-state index contributed by atoms with van der Waals surface area (Å²) in [6, 6.07) is 11.5. The molecule has 3 aromatic heterocycles. The molecule has 0 amide bonds. The number of rotatable bonds is 7. The molecule has 0 aliphatic heterocycles. The van der Waals surface area contributed by atoms with Crippen LogP contribution in [0, 0.1) is 0 Å². The van der Waals surface area contributed by atoms with E-state index >= 15 is 0 Å². The third-order valence-electron chi connectivity index (χ3n) is 3.63. The van der Waals surface area contributed by atoms with Crippen LogP contribution in [0.5, 0.6) is 0 Å². The van der Waals surface area contributed by atoms with Crippen molar-refractivity contribution in [1.82, 2.24) is 30.5 Å². The van der Waals surface area contributed by atoms with Gasteiger partial charge in [0.2, 0.25) is 11.7 Å². The van der Waals surface area contributed by atoms with E-state index in [0.29, 0.717) is 24.0 Å². The van der Waals surface area contributed by atoms with Crippen molar-refractivity contribution in [3.8, 4) is 11.6 Å². The summed E-state index contributed by atoms with van der Waals surface area (Å²) in [5.74, 6) is 1.60. The second-order valence-corrected chi connectivity index (χ2v) is 5.32. The van der Waals surface area contributed by atoms with Gasteiger partial charge in [-0.05, 0) is 37.2 Å². The molecule has 0 aliphatic carbocycles. The van der Waals surface area contributed by atoms with Crippen LogP contribution in [-0.4, -0.2) is 31.7 Å². The summed E-state index contributed by atoms with van der Waals surface area (Å²) in [5, 5.41) is 15.5. The van der Waals surface area contributed by atoms with Crippen LogP contribution in [-0.2, 0) is 13.1 Å². The van der Waals surface area contributed by atoms with E-state index in [1.54, 1.807) is 18.4 Å². The van der Waals surface area contributed by atoms with Crippen molar-refractivity contribution in [1.29, 1.82) is 0 Å². The summed E-state index contributed by atoms with van der Waals surface area (Å²) >= 11 is 0. The van der Waals surface area contributed by atoms with Crippen molar-refractivity contribution in [2.24, 2.45) is 0 Å². The normalized spacial score (nSPS) is 11.3. The van der Waals surface area contributed by atoms with Gasteiger partial charge in [-0.2, -0.15) is 4.98 Å². The maximum absolute atomic E-state index is 5.23. The Morgan fingerprint density at radius 2 is 2.08 bits per heavy atom. The number of benzene rings is 1. The number of aryl methyl sites for hydroxylation is 1. The Morgan fingerprint density at radius 1 is 1.12 bits per heavy atom. The summed E-state index contributed by atoms with van der Waals surface area (Å²) in [7, 11) is 0. The summed E-state index contributed by atoms with van der Waals surface area (Å²) < 4.78 is 12.3. The number of hydrogen-bond acceptors (Lipinski definition) is 7. The van der Waals surface area contributed by atoms with Gasteiger partial charge in [0.15, 0.2) is 5.76 Å². The standard InChI is InChI=1S/C16H16N6O2/c1-2-6-13-12(5-1)19-21-22(13)9-4-8-17-11-15-18-16(20-24-15)14-7-3-10-23-14/h1-3,5-7,10,17H,4,8-9,11H2. The quantitative estimate of drug-likeness (QED) is 0.521. The van der Waals surface area contributed by atoms with E-state index in [9.17, 15) is 0 Å². The van der Waals surface area contributed by atoms with E-state index in [1.165, 1.54) is 0 Å². The molecule has 0 atom stereocenters. The van der Waals surface area contributed by atoms with Gasteiger partial charge >= 0.3 is 0 Å². The molecule has 0 fully saturated rings. The van der Waals surface area contributed by atoms with Gasteiger partial charge in [-0.1, -0.05) is 22.5 Å². The Labute approximate surface area is 137 Å². The molecular formula is C16H16N6O2. The van der Waals surface area contributed by atoms with Crippen LogP contribution < -0.4 is 5.32 Å². The van der Waals surface area contributed by atoms with Crippen LogP contribution in [0.1, 0.15) is 12.3 Å². The lowest BCUT2D eigenvalue weighted by Gasteiger charge is -2.03. The van der Waals surface area contributed by atoms with Gasteiger partial charge in [0.05, 0.1) is 18.3 Å². The molecule has 0 spiro atoms. The van der Waals surface area contributed by atoms with Gasteiger partial charge in [-0.25, -0.2) is 4.68 Å². The van der Waals surface area contributed by atoms with Crippen LogP contribution in [0.25, 0.3) is 22.6 Å². The fourth-order valence-electron chi connectivity index (χ4n) is 2.46. The van der Waals surface area contributed by atoms with Gasteiger partial charge in [0.25, 0.3) is 0 Å². The first-order valence-corrected chi connectivity index (χ1v) is 7.75. The molecule has 4 rings (SSSR count). The highest BCUT2D eigenvalue weighted by Crippen LogP contribution is 2.15. The molecule has 1 aromatic carbocycles. The summed E-state index contributed by atoms with van der Waals surface area (Å²) in [4.78, 5) is 4.28. The first-order chi connectivity index (χ1) is 11.9. The summed E-state index contributed by atoms with van der Waals surface area (Å²) in [5.41, 5.74) is 1.97. The Balaban J connectivity index is 1.25. The molecule has 1 N–H and O–H groups in total.